The van der Waals surface area contributed by atoms with Crippen LogP contribution in [0.1, 0.15) is 19.8 Å². The van der Waals surface area contributed by atoms with E-state index in [4.69, 9.17) is 11.6 Å². The van der Waals surface area contributed by atoms with Crippen molar-refractivity contribution in [2.24, 2.45) is 5.41 Å². The first kappa shape index (κ1) is 11.0. The van der Waals surface area contributed by atoms with Gasteiger partial charge in [-0.1, -0.05) is 25.1 Å². The van der Waals surface area contributed by atoms with Crippen LogP contribution in [-0.2, 0) is 0 Å². The quantitative estimate of drug-likeness (QED) is 0.757. The zero-order valence-electron chi connectivity index (χ0n) is 8.22. The highest BCUT2D eigenvalue weighted by Gasteiger charge is 2.29. The molecule has 13 heavy (non-hydrogen) atoms. The Bertz CT molecular complexity index is 195. The Balaban J connectivity index is 2.46. The van der Waals surface area contributed by atoms with Crippen molar-refractivity contribution in [1.29, 1.82) is 0 Å². The topological polar surface area (TPSA) is 23.5 Å². The van der Waals surface area contributed by atoms with Crippen LogP contribution in [0, 0.1) is 5.41 Å². The fourth-order valence-electron chi connectivity index (χ4n) is 1.93. The van der Waals surface area contributed by atoms with Crippen molar-refractivity contribution >= 4 is 11.6 Å². The third kappa shape index (κ3) is 3.29. The van der Waals surface area contributed by atoms with E-state index >= 15 is 0 Å². The number of halogens is 1. The molecule has 0 radical (unpaired) electrons. The molecule has 1 saturated heterocycles. The third-order valence-electron chi connectivity index (χ3n) is 2.64. The van der Waals surface area contributed by atoms with Crippen LogP contribution in [0.3, 0.4) is 0 Å². The van der Waals surface area contributed by atoms with Gasteiger partial charge in [0.1, 0.15) is 0 Å². The summed E-state index contributed by atoms with van der Waals surface area (Å²) in [7, 11) is 0. The van der Waals surface area contributed by atoms with Gasteiger partial charge < -0.3 is 5.11 Å². The van der Waals surface area contributed by atoms with Gasteiger partial charge in [0.25, 0.3) is 0 Å². The molecule has 1 atom stereocenters. The maximum atomic E-state index is 9.22. The molecule has 1 rings (SSSR count). The van der Waals surface area contributed by atoms with Gasteiger partial charge in [-0.15, -0.1) is 0 Å². The Morgan fingerprint density at radius 2 is 2.38 bits per heavy atom. The van der Waals surface area contributed by atoms with Crippen LogP contribution in [0.4, 0.5) is 0 Å². The van der Waals surface area contributed by atoms with Crippen LogP contribution in [0.5, 0.6) is 0 Å². The molecule has 0 spiro atoms. The number of rotatable bonds is 3. The Hall–Kier alpha value is -0.0500. The highest BCUT2D eigenvalue weighted by molar-refractivity contribution is 6.29. The summed E-state index contributed by atoms with van der Waals surface area (Å²) in [5, 5.41) is 9.90. The Labute approximate surface area is 85.2 Å². The fourth-order valence-corrected chi connectivity index (χ4v) is 2.10. The summed E-state index contributed by atoms with van der Waals surface area (Å²) in [5.74, 6) is 0. The van der Waals surface area contributed by atoms with Gasteiger partial charge in [-0.05, 0) is 19.4 Å². The summed E-state index contributed by atoms with van der Waals surface area (Å²) < 4.78 is 0. The molecule has 3 heteroatoms. The first-order chi connectivity index (χ1) is 6.06. The van der Waals surface area contributed by atoms with Gasteiger partial charge in [-0.25, -0.2) is 0 Å². The van der Waals surface area contributed by atoms with Crippen LogP contribution in [0.25, 0.3) is 0 Å². The minimum atomic E-state index is 0.0601. The molecule has 1 aliphatic rings. The van der Waals surface area contributed by atoms with Crippen molar-refractivity contribution in [2.45, 2.75) is 19.8 Å². The van der Waals surface area contributed by atoms with E-state index in [0.29, 0.717) is 5.03 Å². The van der Waals surface area contributed by atoms with Gasteiger partial charge in [0.15, 0.2) is 0 Å². The van der Waals surface area contributed by atoms with E-state index < -0.39 is 0 Å². The van der Waals surface area contributed by atoms with Crippen LogP contribution < -0.4 is 0 Å². The fraction of sp³-hybridized carbons (Fsp3) is 0.800. The molecule has 0 amide bonds. The Kier molecular flexibility index (Phi) is 3.77. The molecule has 0 saturated carbocycles. The van der Waals surface area contributed by atoms with E-state index in [1.165, 1.54) is 0 Å². The Morgan fingerprint density at radius 1 is 1.69 bits per heavy atom. The number of nitrogens with zero attached hydrogens (tertiary/aromatic N) is 1. The monoisotopic (exact) mass is 203 g/mol. The number of hydrogen-bond acceptors (Lipinski definition) is 2. The molecule has 76 valence electrons. The minimum Gasteiger partial charge on any atom is -0.396 e. The van der Waals surface area contributed by atoms with Gasteiger partial charge in [-0.3, -0.25) is 4.90 Å². The smallest absolute Gasteiger partial charge is 0.0497 e. The highest BCUT2D eigenvalue weighted by Crippen LogP contribution is 2.28. The third-order valence-corrected chi connectivity index (χ3v) is 2.76. The van der Waals surface area contributed by atoms with Gasteiger partial charge >= 0.3 is 0 Å². The zero-order chi connectivity index (χ0) is 9.90. The summed E-state index contributed by atoms with van der Waals surface area (Å²) in [6.45, 7) is 8.81. The van der Waals surface area contributed by atoms with Crippen molar-refractivity contribution < 1.29 is 5.11 Å². The zero-order valence-corrected chi connectivity index (χ0v) is 8.98. The van der Waals surface area contributed by atoms with Gasteiger partial charge in [0.05, 0.1) is 0 Å². The van der Waals surface area contributed by atoms with Gasteiger partial charge in [0.2, 0.25) is 0 Å². The molecular formula is C10H18ClNO. The molecule has 1 heterocycles. The van der Waals surface area contributed by atoms with Crippen molar-refractivity contribution in [3.8, 4) is 0 Å². The lowest BCUT2D eigenvalue weighted by Crippen LogP contribution is -2.43. The number of aliphatic hydroxyl groups is 1. The number of aliphatic hydroxyl groups excluding tert-OH is 1. The predicted octanol–water partition coefficient (Wildman–Crippen LogP) is 1.83. The second-order valence-corrected chi connectivity index (χ2v) is 4.83. The molecule has 0 aromatic heterocycles. The average molecular weight is 204 g/mol. The molecule has 1 unspecified atom stereocenters. The van der Waals surface area contributed by atoms with E-state index in [1.54, 1.807) is 0 Å². The summed E-state index contributed by atoms with van der Waals surface area (Å²) >= 11 is 5.75. The molecule has 1 aliphatic heterocycles. The van der Waals surface area contributed by atoms with Crippen LogP contribution in [0.2, 0.25) is 0 Å². The lowest BCUT2D eigenvalue weighted by Gasteiger charge is -2.39. The number of hydrogen-bond donors (Lipinski definition) is 1. The van der Waals surface area contributed by atoms with Crippen molar-refractivity contribution in [3.63, 3.8) is 0 Å². The maximum Gasteiger partial charge on any atom is 0.0497 e. The average Bonchev–Trinajstić information content (AvgIpc) is 2.03. The van der Waals surface area contributed by atoms with Crippen LogP contribution >= 0.6 is 11.6 Å². The summed E-state index contributed by atoms with van der Waals surface area (Å²) in [5.41, 5.74) is 0.0601. The molecule has 1 fully saturated rings. The van der Waals surface area contributed by atoms with E-state index in [-0.39, 0.29) is 12.0 Å². The SMILES string of the molecule is C=C(Cl)CN1CCCC(C)(CO)C1. The molecule has 0 aliphatic carbocycles. The predicted molar refractivity (Wildman–Crippen MR) is 55.9 cm³/mol. The van der Waals surface area contributed by atoms with Crippen molar-refractivity contribution in [1.82, 2.24) is 4.90 Å². The van der Waals surface area contributed by atoms with Crippen LogP contribution in [0.15, 0.2) is 11.6 Å². The van der Waals surface area contributed by atoms with Gasteiger partial charge in [0, 0.05) is 30.1 Å². The summed E-state index contributed by atoms with van der Waals surface area (Å²) in [6, 6.07) is 0. The number of piperidine rings is 1. The molecular weight excluding hydrogens is 186 g/mol. The molecule has 0 bridgehead atoms. The van der Waals surface area contributed by atoms with E-state index in [0.717, 1.165) is 32.5 Å². The second-order valence-electron chi connectivity index (χ2n) is 4.30. The molecule has 1 N–H and O–H groups in total. The first-order valence-corrected chi connectivity index (χ1v) is 5.10. The first-order valence-electron chi connectivity index (χ1n) is 4.72. The highest BCUT2D eigenvalue weighted by atomic mass is 35.5. The molecule has 0 aromatic rings. The minimum absolute atomic E-state index is 0.0601. The summed E-state index contributed by atoms with van der Waals surface area (Å²) in [6.07, 6.45) is 2.25. The molecule has 2 nitrogen and oxygen atoms in total. The lowest BCUT2D eigenvalue weighted by atomic mass is 9.83. The lowest BCUT2D eigenvalue weighted by molar-refractivity contribution is 0.0519. The van der Waals surface area contributed by atoms with Crippen molar-refractivity contribution in [2.75, 3.05) is 26.2 Å². The molecule has 0 aromatic carbocycles. The van der Waals surface area contributed by atoms with Crippen LogP contribution in [-0.4, -0.2) is 36.2 Å². The Morgan fingerprint density at radius 3 is 2.92 bits per heavy atom. The number of likely N-dealkylation sites (tertiary alicyclic amines) is 1. The normalized spacial score (nSPS) is 30.4. The van der Waals surface area contributed by atoms with E-state index in [9.17, 15) is 5.11 Å². The van der Waals surface area contributed by atoms with Crippen molar-refractivity contribution in [3.05, 3.63) is 11.6 Å². The van der Waals surface area contributed by atoms with E-state index in [1.807, 2.05) is 0 Å². The summed E-state index contributed by atoms with van der Waals surface area (Å²) in [4.78, 5) is 2.26. The standard InChI is InChI=1S/C10H18ClNO/c1-9(11)6-12-5-3-4-10(2,7-12)8-13/h13H,1,3-8H2,2H3. The second kappa shape index (κ2) is 4.45. The maximum absolute atomic E-state index is 9.22. The van der Waals surface area contributed by atoms with E-state index in [2.05, 4.69) is 18.4 Å². The largest absolute Gasteiger partial charge is 0.396 e. The van der Waals surface area contributed by atoms with Gasteiger partial charge in [-0.2, -0.15) is 0 Å².